The maximum absolute atomic E-state index is 12.5. The molecule has 0 amide bonds. The number of alkyl halides is 6. The summed E-state index contributed by atoms with van der Waals surface area (Å²) in [5.74, 6) is -1.01. The highest BCUT2D eigenvalue weighted by Crippen LogP contribution is 2.39. The van der Waals surface area contributed by atoms with Crippen molar-refractivity contribution in [2.24, 2.45) is 0 Å². The second-order valence-electron chi connectivity index (χ2n) is 12.6. The molecule has 6 aromatic rings. The molecule has 0 unspecified atom stereocenters. The molecule has 4 heterocycles. The minimum Gasteiger partial charge on any atom is -0.496 e. The Hall–Kier alpha value is -5.91. The van der Waals surface area contributed by atoms with E-state index in [-0.39, 0.29) is 39.9 Å². The molecule has 0 spiro atoms. The van der Waals surface area contributed by atoms with Gasteiger partial charge in [-0.15, -0.1) is 0 Å². The number of ketones is 3. The molecule has 18 heteroatoms. The summed E-state index contributed by atoms with van der Waals surface area (Å²) in [5, 5.41) is 0. The lowest BCUT2D eigenvalue weighted by Crippen LogP contribution is -2.12. The molecule has 58 heavy (non-hydrogen) atoms. The molecule has 0 radical (unpaired) electrons. The molecular formula is C40H35BrF6N4O7. The molecule has 11 nitrogen and oxygen atoms in total. The number of aromatic nitrogens is 4. The standard InChI is InChI=1S/C21H19F3N2O4.C19H16BrF3N2O3/c1-12(27)13-5-7-26-15(11-25-19(26)10-13)14-8-17(29-2)20(18(9-14)30-3)16(28)4-6-21(22,23)24;1-27-15-7-11(13-10-24-17-9-12(20)4-6-25(13)17)8-16(28-2)18(15)14(26)3-5-19(21,22)23/h5,7-11H,4,6H2,1-3H3;4,6-10H,3,5H2,1-2H3. The van der Waals surface area contributed by atoms with E-state index in [1.807, 2.05) is 22.7 Å². The van der Waals surface area contributed by atoms with Gasteiger partial charge in [0.1, 0.15) is 45.4 Å². The first-order valence-corrected chi connectivity index (χ1v) is 18.0. The van der Waals surface area contributed by atoms with Crippen LogP contribution in [0.3, 0.4) is 0 Å². The molecule has 0 saturated carbocycles. The van der Waals surface area contributed by atoms with Gasteiger partial charge in [0.15, 0.2) is 17.3 Å². The lowest BCUT2D eigenvalue weighted by atomic mass is 10.0. The van der Waals surface area contributed by atoms with Gasteiger partial charge in [0.2, 0.25) is 0 Å². The second-order valence-corrected chi connectivity index (χ2v) is 13.6. The maximum Gasteiger partial charge on any atom is 0.389 e. The molecule has 4 aromatic heterocycles. The normalized spacial score (nSPS) is 11.6. The molecular weight excluding hydrogens is 842 g/mol. The number of methoxy groups -OCH3 is 4. The van der Waals surface area contributed by atoms with E-state index in [4.69, 9.17) is 18.9 Å². The smallest absolute Gasteiger partial charge is 0.389 e. The summed E-state index contributed by atoms with van der Waals surface area (Å²) in [6.45, 7) is 1.46. The molecule has 0 saturated heterocycles. The quantitative estimate of drug-likeness (QED) is 0.0824. The summed E-state index contributed by atoms with van der Waals surface area (Å²) in [6, 6.07) is 13.3. The van der Waals surface area contributed by atoms with E-state index in [2.05, 4.69) is 25.9 Å². The molecule has 306 valence electrons. The molecule has 0 bridgehead atoms. The molecule has 0 N–H and O–H groups in total. The van der Waals surface area contributed by atoms with Crippen molar-refractivity contribution in [1.82, 2.24) is 18.8 Å². The highest BCUT2D eigenvalue weighted by Gasteiger charge is 2.31. The summed E-state index contributed by atoms with van der Waals surface area (Å²) in [4.78, 5) is 45.1. The van der Waals surface area contributed by atoms with E-state index in [1.165, 1.54) is 35.4 Å². The highest BCUT2D eigenvalue weighted by atomic mass is 79.9. The van der Waals surface area contributed by atoms with E-state index in [9.17, 15) is 40.7 Å². The average molecular weight is 878 g/mol. The van der Waals surface area contributed by atoms with Gasteiger partial charge in [0.25, 0.3) is 0 Å². The fourth-order valence-electron chi connectivity index (χ4n) is 6.01. The topological polar surface area (TPSA) is 123 Å². The van der Waals surface area contributed by atoms with E-state index >= 15 is 0 Å². The van der Waals surface area contributed by atoms with Crippen LogP contribution in [-0.2, 0) is 0 Å². The summed E-state index contributed by atoms with van der Waals surface area (Å²) in [6.07, 6.45) is -5.93. The Bertz CT molecular complexity index is 2440. The number of fused-ring (bicyclic) bond motifs is 2. The lowest BCUT2D eigenvalue weighted by Gasteiger charge is -2.15. The zero-order chi connectivity index (χ0) is 42.5. The fourth-order valence-corrected chi connectivity index (χ4v) is 6.34. The Morgan fingerprint density at radius 1 is 0.621 bits per heavy atom. The van der Waals surface area contributed by atoms with E-state index < -0.39 is 49.6 Å². The molecule has 0 aliphatic rings. The van der Waals surface area contributed by atoms with Crippen LogP contribution >= 0.6 is 15.9 Å². The molecule has 0 atom stereocenters. The lowest BCUT2D eigenvalue weighted by molar-refractivity contribution is -0.134. The summed E-state index contributed by atoms with van der Waals surface area (Å²) in [7, 11) is 5.36. The van der Waals surface area contributed by atoms with Crippen LogP contribution in [0.5, 0.6) is 23.0 Å². The van der Waals surface area contributed by atoms with Crippen LogP contribution in [0.15, 0.2) is 77.8 Å². The number of pyridine rings is 2. The molecule has 6 rings (SSSR count). The maximum atomic E-state index is 12.5. The fraction of sp³-hybridized carbons (Fsp3) is 0.275. The Morgan fingerprint density at radius 3 is 1.36 bits per heavy atom. The van der Waals surface area contributed by atoms with E-state index in [1.54, 1.807) is 59.4 Å². The van der Waals surface area contributed by atoms with Crippen LogP contribution in [0.1, 0.15) is 63.7 Å². The third-order valence-electron chi connectivity index (χ3n) is 8.83. The van der Waals surface area contributed by atoms with Crippen LogP contribution in [0.25, 0.3) is 33.8 Å². The van der Waals surface area contributed by atoms with Crippen molar-refractivity contribution in [1.29, 1.82) is 0 Å². The Kier molecular flexibility index (Phi) is 13.2. The Balaban J connectivity index is 0.000000221. The molecule has 0 aliphatic carbocycles. The van der Waals surface area contributed by atoms with Gasteiger partial charge in [-0.2, -0.15) is 26.3 Å². The molecule has 0 fully saturated rings. The van der Waals surface area contributed by atoms with Crippen molar-refractivity contribution in [2.75, 3.05) is 28.4 Å². The summed E-state index contributed by atoms with van der Waals surface area (Å²) >= 11 is 3.39. The second kappa shape index (κ2) is 17.7. The van der Waals surface area contributed by atoms with Gasteiger partial charge in [0.05, 0.1) is 65.1 Å². The number of imidazole rings is 2. The first-order valence-electron chi connectivity index (χ1n) is 17.2. The molecule has 2 aromatic carbocycles. The van der Waals surface area contributed by atoms with Crippen molar-refractivity contribution < 1.29 is 59.7 Å². The number of hydrogen-bond acceptors (Lipinski definition) is 9. The van der Waals surface area contributed by atoms with Gasteiger partial charge >= 0.3 is 12.4 Å². The number of nitrogens with zero attached hydrogens (tertiary/aromatic N) is 4. The highest BCUT2D eigenvalue weighted by molar-refractivity contribution is 9.10. The van der Waals surface area contributed by atoms with Crippen molar-refractivity contribution in [2.45, 2.75) is 45.0 Å². The number of rotatable bonds is 13. The van der Waals surface area contributed by atoms with Crippen molar-refractivity contribution in [3.63, 3.8) is 0 Å². The third kappa shape index (κ3) is 9.96. The summed E-state index contributed by atoms with van der Waals surface area (Å²) < 4.78 is 101. The number of carbonyl (C=O) groups excluding carboxylic acids is 3. The van der Waals surface area contributed by atoms with Gasteiger partial charge < -0.3 is 18.9 Å². The number of benzene rings is 2. The molecule has 0 aliphatic heterocycles. The number of carbonyl (C=O) groups is 3. The SMILES string of the molecule is COc1cc(-c2cnc3cc(Br)ccn23)cc(OC)c1C(=O)CCC(F)(F)F.COc1cc(-c2cnc3cc(C(C)=O)ccn23)cc(OC)c1C(=O)CCC(F)(F)F. The van der Waals surface area contributed by atoms with Crippen LogP contribution in [0, 0.1) is 0 Å². The van der Waals surface area contributed by atoms with Crippen molar-refractivity contribution in [3.05, 3.63) is 94.5 Å². The van der Waals surface area contributed by atoms with Crippen LogP contribution in [0.4, 0.5) is 26.3 Å². The largest absolute Gasteiger partial charge is 0.496 e. The Morgan fingerprint density at radius 2 is 1.00 bits per heavy atom. The van der Waals surface area contributed by atoms with Gasteiger partial charge in [0, 0.05) is 46.4 Å². The van der Waals surface area contributed by atoms with Crippen LogP contribution in [-0.4, -0.2) is 76.9 Å². The zero-order valence-corrected chi connectivity index (χ0v) is 33.1. The monoisotopic (exact) mass is 876 g/mol. The zero-order valence-electron chi connectivity index (χ0n) is 31.5. The Labute approximate surface area is 335 Å². The van der Waals surface area contributed by atoms with Gasteiger partial charge in [-0.25, -0.2) is 9.97 Å². The van der Waals surface area contributed by atoms with Crippen molar-refractivity contribution in [3.8, 4) is 45.5 Å². The predicted octanol–water partition coefficient (Wildman–Crippen LogP) is 10.1. The minimum atomic E-state index is -4.44. The van der Waals surface area contributed by atoms with Crippen LogP contribution in [0.2, 0.25) is 0 Å². The summed E-state index contributed by atoms with van der Waals surface area (Å²) in [5.41, 5.74) is 4.29. The van der Waals surface area contributed by atoms with E-state index in [0.29, 0.717) is 39.4 Å². The predicted molar refractivity (Wildman–Crippen MR) is 204 cm³/mol. The van der Waals surface area contributed by atoms with Crippen molar-refractivity contribution >= 4 is 44.6 Å². The average Bonchev–Trinajstić information content (AvgIpc) is 3.81. The van der Waals surface area contributed by atoms with Gasteiger partial charge in [-0.1, -0.05) is 15.9 Å². The number of ether oxygens (including phenoxy) is 4. The van der Waals surface area contributed by atoms with Gasteiger partial charge in [-0.05, 0) is 55.5 Å². The number of hydrogen-bond donors (Lipinski definition) is 0. The first kappa shape index (κ1) is 43.2. The first-order chi connectivity index (χ1) is 27.4. The number of halogens is 7. The number of Topliss-reactive ketones (excluding diaryl/α,β-unsaturated/α-hetero) is 3. The van der Waals surface area contributed by atoms with E-state index in [0.717, 1.165) is 4.47 Å². The van der Waals surface area contributed by atoms with Gasteiger partial charge in [-0.3, -0.25) is 23.2 Å². The van der Waals surface area contributed by atoms with Crippen LogP contribution < -0.4 is 18.9 Å². The third-order valence-corrected chi connectivity index (χ3v) is 9.32. The minimum absolute atomic E-state index is 0.00503.